The second-order valence-corrected chi connectivity index (χ2v) is 6.31. The van der Waals surface area contributed by atoms with Crippen molar-refractivity contribution in [2.75, 3.05) is 26.9 Å². The molecule has 1 unspecified atom stereocenters. The van der Waals surface area contributed by atoms with Crippen LogP contribution in [0.1, 0.15) is 43.4 Å². The van der Waals surface area contributed by atoms with Gasteiger partial charge in [-0.25, -0.2) is 0 Å². The van der Waals surface area contributed by atoms with E-state index in [4.69, 9.17) is 9.47 Å². The topological polar surface area (TPSA) is 30.5 Å². The maximum atomic E-state index is 5.57. The number of hydrogen-bond acceptors (Lipinski definition) is 3. The molecule has 3 nitrogen and oxygen atoms in total. The summed E-state index contributed by atoms with van der Waals surface area (Å²) >= 11 is 0. The van der Waals surface area contributed by atoms with E-state index in [-0.39, 0.29) is 0 Å². The molecule has 0 amide bonds. The van der Waals surface area contributed by atoms with E-state index in [1.165, 1.54) is 30.4 Å². The molecule has 110 valence electrons. The van der Waals surface area contributed by atoms with E-state index < -0.39 is 0 Å². The predicted octanol–water partition coefficient (Wildman–Crippen LogP) is 3.09. The number of methoxy groups -OCH3 is 1. The quantitative estimate of drug-likeness (QED) is 0.829. The van der Waals surface area contributed by atoms with Crippen molar-refractivity contribution in [2.45, 2.75) is 38.6 Å². The van der Waals surface area contributed by atoms with Crippen molar-refractivity contribution in [1.82, 2.24) is 5.32 Å². The number of nitrogens with one attached hydrogen (secondary N) is 1. The fourth-order valence-corrected chi connectivity index (χ4v) is 2.97. The first-order chi connectivity index (χ1) is 9.72. The zero-order valence-corrected chi connectivity index (χ0v) is 12.6. The molecule has 0 radical (unpaired) electrons. The summed E-state index contributed by atoms with van der Waals surface area (Å²) in [7, 11) is 1.79. The molecule has 0 bridgehead atoms. The summed E-state index contributed by atoms with van der Waals surface area (Å²) in [6, 6.07) is 7.01. The molecule has 1 aromatic carbocycles. The first kappa shape index (κ1) is 13.9. The summed E-state index contributed by atoms with van der Waals surface area (Å²) in [5.41, 5.74) is 3.23. The highest BCUT2D eigenvalue weighted by Gasteiger charge is 2.41. The number of hydrogen-bond donors (Lipinski definition) is 1. The van der Waals surface area contributed by atoms with Crippen LogP contribution in [0.3, 0.4) is 0 Å². The van der Waals surface area contributed by atoms with Gasteiger partial charge in [0, 0.05) is 32.7 Å². The average molecular weight is 275 g/mol. The highest BCUT2D eigenvalue weighted by atomic mass is 16.5. The van der Waals surface area contributed by atoms with Gasteiger partial charge in [-0.3, -0.25) is 0 Å². The molecule has 20 heavy (non-hydrogen) atoms. The van der Waals surface area contributed by atoms with E-state index >= 15 is 0 Å². The van der Waals surface area contributed by atoms with Gasteiger partial charge < -0.3 is 14.8 Å². The van der Waals surface area contributed by atoms with E-state index in [0.717, 1.165) is 31.9 Å². The lowest BCUT2D eigenvalue weighted by Crippen LogP contribution is -2.27. The highest BCUT2D eigenvalue weighted by molar-refractivity contribution is 5.40. The van der Waals surface area contributed by atoms with Crippen molar-refractivity contribution in [1.29, 1.82) is 0 Å². The molecular formula is C17H25NO2. The fourth-order valence-electron chi connectivity index (χ4n) is 2.97. The smallest absolute Gasteiger partial charge is 0.122 e. The summed E-state index contributed by atoms with van der Waals surface area (Å²) in [4.78, 5) is 0. The van der Waals surface area contributed by atoms with Gasteiger partial charge in [0.1, 0.15) is 5.75 Å². The van der Waals surface area contributed by atoms with Crippen molar-refractivity contribution >= 4 is 0 Å². The molecule has 3 rings (SSSR count). The van der Waals surface area contributed by atoms with Gasteiger partial charge in [0.05, 0.1) is 6.61 Å². The molecule has 1 N–H and O–H groups in total. The second-order valence-electron chi connectivity index (χ2n) is 6.31. The monoisotopic (exact) mass is 275 g/mol. The summed E-state index contributed by atoms with van der Waals surface area (Å²) in [5, 5.41) is 3.71. The van der Waals surface area contributed by atoms with Crippen molar-refractivity contribution < 1.29 is 9.47 Å². The van der Waals surface area contributed by atoms with Crippen molar-refractivity contribution in [3.63, 3.8) is 0 Å². The minimum absolute atomic E-state index is 0.404. The molecule has 2 aliphatic rings. The molecule has 1 fully saturated rings. The van der Waals surface area contributed by atoms with Crippen LogP contribution in [0.25, 0.3) is 0 Å². The Kier molecular flexibility index (Phi) is 3.99. The van der Waals surface area contributed by atoms with Crippen LogP contribution in [-0.2, 0) is 11.2 Å². The maximum Gasteiger partial charge on any atom is 0.122 e. The van der Waals surface area contributed by atoms with Crippen LogP contribution in [0.4, 0.5) is 0 Å². The summed E-state index contributed by atoms with van der Waals surface area (Å²) < 4.78 is 10.8. The van der Waals surface area contributed by atoms with Crippen LogP contribution in [0.15, 0.2) is 18.2 Å². The molecule has 0 aromatic heterocycles. The van der Waals surface area contributed by atoms with E-state index in [2.05, 4.69) is 30.4 Å². The average Bonchev–Trinajstić information content (AvgIpc) is 3.09. The first-order valence-corrected chi connectivity index (χ1v) is 7.70. The van der Waals surface area contributed by atoms with Crippen LogP contribution in [0.2, 0.25) is 0 Å². The Morgan fingerprint density at radius 2 is 2.25 bits per heavy atom. The van der Waals surface area contributed by atoms with E-state index in [9.17, 15) is 0 Å². The fraction of sp³-hybridized carbons (Fsp3) is 0.647. The van der Waals surface area contributed by atoms with Gasteiger partial charge in [0.15, 0.2) is 0 Å². The van der Waals surface area contributed by atoms with Crippen LogP contribution < -0.4 is 10.1 Å². The molecule has 3 heteroatoms. The van der Waals surface area contributed by atoms with E-state index in [1.807, 2.05) is 0 Å². The third-order valence-electron chi connectivity index (χ3n) is 4.79. The van der Waals surface area contributed by atoms with Gasteiger partial charge >= 0.3 is 0 Å². The van der Waals surface area contributed by atoms with Crippen molar-refractivity contribution in [2.24, 2.45) is 5.41 Å². The predicted molar refractivity (Wildman–Crippen MR) is 80.2 cm³/mol. The molecule has 1 heterocycles. The van der Waals surface area contributed by atoms with E-state index in [1.54, 1.807) is 7.11 Å². The Bertz CT molecular complexity index is 468. The third kappa shape index (κ3) is 2.99. The lowest BCUT2D eigenvalue weighted by Gasteiger charge is -2.20. The molecule has 1 aliphatic heterocycles. The van der Waals surface area contributed by atoms with Crippen molar-refractivity contribution in [3.05, 3.63) is 29.3 Å². The molecule has 1 atom stereocenters. The summed E-state index contributed by atoms with van der Waals surface area (Å²) in [5.74, 6) is 1.07. The normalized spacial score (nSPS) is 20.3. The molecule has 0 saturated heterocycles. The number of fused-ring (bicyclic) bond motifs is 1. The third-order valence-corrected chi connectivity index (χ3v) is 4.79. The minimum atomic E-state index is 0.404. The number of rotatable bonds is 7. The van der Waals surface area contributed by atoms with Gasteiger partial charge in [0.25, 0.3) is 0 Å². The zero-order chi connectivity index (χ0) is 14.0. The van der Waals surface area contributed by atoms with Gasteiger partial charge in [-0.2, -0.15) is 0 Å². The SMILES string of the molecule is COCCC1(CNC(C)c2ccc3c(c2)CCO3)CC1. The first-order valence-electron chi connectivity index (χ1n) is 7.70. The second kappa shape index (κ2) is 5.74. The summed E-state index contributed by atoms with van der Waals surface area (Å²) in [6.45, 7) is 5.07. The Balaban J connectivity index is 1.55. The van der Waals surface area contributed by atoms with Crippen LogP contribution in [0.5, 0.6) is 5.75 Å². The molecule has 1 saturated carbocycles. The van der Waals surface area contributed by atoms with Gasteiger partial charge in [-0.05, 0) is 48.8 Å². The van der Waals surface area contributed by atoms with Crippen LogP contribution in [0, 0.1) is 5.41 Å². The largest absolute Gasteiger partial charge is 0.493 e. The molecule has 0 spiro atoms. The van der Waals surface area contributed by atoms with E-state index in [0.29, 0.717) is 11.5 Å². The molecule has 1 aliphatic carbocycles. The molecular weight excluding hydrogens is 250 g/mol. The van der Waals surface area contributed by atoms with Crippen molar-refractivity contribution in [3.8, 4) is 5.75 Å². The highest BCUT2D eigenvalue weighted by Crippen LogP contribution is 2.48. The molecule has 1 aromatic rings. The van der Waals surface area contributed by atoms with Crippen LogP contribution >= 0.6 is 0 Å². The van der Waals surface area contributed by atoms with Gasteiger partial charge in [-0.15, -0.1) is 0 Å². The lowest BCUT2D eigenvalue weighted by molar-refractivity contribution is 0.170. The van der Waals surface area contributed by atoms with Gasteiger partial charge in [0.2, 0.25) is 0 Å². The van der Waals surface area contributed by atoms with Crippen LogP contribution in [-0.4, -0.2) is 26.9 Å². The number of ether oxygens (including phenoxy) is 2. The standard InChI is InChI=1S/C17H25NO2/c1-13(18-12-17(6-7-17)8-10-19-2)14-3-4-16-15(11-14)5-9-20-16/h3-4,11,13,18H,5-10,12H2,1-2H3. The maximum absolute atomic E-state index is 5.57. The Labute approximate surface area is 121 Å². The summed E-state index contributed by atoms with van der Waals surface area (Å²) in [6.07, 6.45) is 4.91. The van der Waals surface area contributed by atoms with Gasteiger partial charge in [-0.1, -0.05) is 12.1 Å². The minimum Gasteiger partial charge on any atom is -0.493 e. The Hall–Kier alpha value is -1.06. The zero-order valence-electron chi connectivity index (χ0n) is 12.6. The number of benzene rings is 1. The Morgan fingerprint density at radius 1 is 1.40 bits per heavy atom. The Morgan fingerprint density at radius 3 is 3.00 bits per heavy atom. The lowest BCUT2D eigenvalue weighted by atomic mass is 10.0.